The minimum Gasteiger partial charge on any atom is -0.480 e. The Labute approximate surface area is 149 Å². The summed E-state index contributed by atoms with van der Waals surface area (Å²) in [6, 6.07) is 10.9. The monoisotopic (exact) mass is 352 g/mol. The summed E-state index contributed by atoms with van der Waals surface area (Å²) in [5.41, 5.74) is 2.78. The quantitative estimate of drug-likeness (QED) is 0.648. The molecule has 0 saturated heterocycles. The van der Waals surface area contributed by atoms with Crippen LogP contribution in [-0.2, 0) is 14.4 Å². The summed E-state index contributed by atoms with van der Waals surface area (Å²) in [6.45, 7) is 1.17. The Morgan fingerprint density at radius 3 is 2.31 bits per heavy atom. The van der Waals surface area contributed by atoms with Gasteiger partial charge in [-0.2, -0.15) is 0 Å². The third-order valence-corrected chi connectivity index (χ3v) is 4.09. The van der Waals surface area contributed by atoms with Gasteiger partial charge in [0.1, 0.15) is 6.04 Å². The van der Waals surface area contributed by atoms with Crippen molar-refractivity contribution in [1.29, 1.82) is 0 Å². The molecule has 7 heteroatoms. The second kappa shape index (κ2) is 6.79. The van der Waals surface area contributed by atoms with E-state index in [0.717, 1.165) is 11.1 Å². The summed E-state index contributed by atoms with van der Waals surface area (Å²) in [5, 5.41) is 13.9. The summed E-state index contributed by atoms with van der Waals surface area (Å²) in [4.78, 5) is 47.1. The van der Waals surface area contributed by atoms with Crippen molar-refractivity contribution < 1.29 is 24.3 Å². The molecule has 2 amide bonds. The molecule has 0 aliphatic heterocycles. The molecule has 0 saturated carbocycles. The van der Waals surface area contributed by atoms with Crippen LogP contribution in [0.3, 0.4) is 0 Å². The van der Waals surface area contributed by atoms with Crippen LogP contribution in [0.5, 0.6) is 0 Å². The largest absolute Gasteiger partial charge is 0.480 e. The minimum absolute atomic E-state index is 0.192. The van der Waals surface area contributed by atoms with Gasteiger partial charge in [0.05, 0.1) is 17.7 Å². The van der Waals surface area contributed by atoms with Gasteiger partial charge in [0.15, 0.2) is 5.78 Å². The molecule has 0 bridgehead atoms. The number of ketones is 1. The third-order valence-electron chi connectivity index (χ3n) is 4.09. The van der Waals surface area contributed by atoms with Crippen LogP contribution < -0.4 is 10.6 Å². The Hall–Kier alpha value is -3.48. The Balaban J connectivity index is 1.84. The maximum atomic E-state index is 12.7. The maximum Gasteiger partial charge on any atom is 0.326 e. The highest BCUT2D eigenvalue weighted by Gasteiger charge is 2.30. The second-order valence-corrected chi connectivity index (χ2v) is 5.95. The van der Waals surface area contributed by atoms with E-state index >= 15 is 0 Å². The van der Waals surface area contributed by atoms with Gasteiger partial charge in [-0.15, -0.1) is 0 Å². The van der Waals surface area contributed by atoms with Crippen molar-refractivity contribution in [2.75, 3.05) is 5.32 Å². The summed E-state index contributed by atoms with van der Waals surface area (Å²) in [5.74, 6) is -2.65. The van der Waals surface area contributed by atoms with Gasteiger partial charge < -0.3 is 15.7 Å². The fraction of sp³-hybridized carbons (Fsp3) is 0.158. The maximum absolute atomic E-state index is 12.7. The molecule has 2 aromatic rings. The molecular weight excluding hydrogens is 336 g/mol. The fourth-order valence-electron chi connectivity index (χ4n) is 3.01. The van der Waals surface area contributed by atoms with E-state index in [2.05, 4.69) is 10.6 Å². The number of aliphatic carboxylic acids is 1. The molecule has 2 aromatic carbocycles. The first kappa shape index (κ1) is 17.3. The molecule has 0 unspecified atom stereocenters. The molecule has 132 valence electrons. The number of hydrogen-bond donors (Lipinski definition) is 3. The Morgan fingerprint density at radius 2 is 1.65 bits per heavy atom. The van der Waals surface area contributed by atoms with Crippen molar-refractivity contribution in [3.63, 3.8) is 0 Å². The molecular formula is C19H16N2O5. The molecule has 3 rings (SSSR count). The first-order valence-corrected chi connectivity index (χ1v) is 7.95. The SMILES string of the molecule is CC(=O)N[C@@H](CC(=O)Nc1cccc2c1C(=O)c1ccccc1-2)C(=O)O. The molecule has 3 N–H and O–H groups in total. The van der Waals surface area contributed by atoms with Gasteiger partial charge >= 0.3 is 5.97 Å². The summed E-state index contributed by atoms with van der Waals surface area (Å²) >= 11 is 0. The van der Waals surface area contributed by atoms with Gasteiger partial charge in [0, 0.05) is 12.5 Å². The van der Waals surface area contributed by atoms with E-state index in [9.17, 15) is 19.2 Å². The number of carbonyl (C=O) groups excluding carboxylic acids is 3. The van der Waals surface area contributed by atoms with Crippen LogP contribution in [0.2, 0.25) is 0 Å². The predicted molar refractivity (Wildman–Crippen MR) is 93.8 cm³/mol. The van der Waals surface area contributed by atoms with Gasteiger partial charge in [0.2, 0.25) is 11.8 Å². The van der Waals surface area contributed by atoms with Gasteiger partial charge in [-0.3, -0.25) is 14.4 Å². The van der Waals surface area contributed by atoms with Crippen LogP contribution in [0, 0.1) is 0 Å². The summed E-state index contributed by atoms with van der Waals surface area (Å²) in [6.07, 6.45) is -0.445. The summed E-state index contributed by atoms with van der Waals surface area (Å²) in [7, 11) is 0. The zero-order valence-corrected chi connectivity index (χ0v) is 13.9. The van der Waals surface area contributed by atoms with E-state index in [4.69, 9.17) is 5.11 Å². The molecule has 0 heterocycles. The standard InChI is InChI=1S/C19H16N2O5/c1-10(22)20-15(19(25)26)9-16(23)21-14-8-4-7-12-11-5-2-3-6-13(11)18(24)17(12)14/h2-8,15H,9H2,1H3,(H,20,22)(H,21,23)(H,25,26)/t15-/m0/s1. The number of carbonyl (C=O) groups is 4. The zero-order valence-electron chi connectivity index (χ0n) is 13.9. The van der Waals surface area contributed by atoms with Gasteiger partial charge in [-0.05, 0) is 17.2 Å². The molecule has 7 nitrogen and oxygen atoms in total. The topological polar surface area (TPSA) is 113 Å². The first-order chi connectivity index (χ1) is 12.4. The summed E-state index contributed by atoms with van der Waals surface area (Å²) < 4.78 is 0. The zero-order chi connectivity index (χ0) is 18.8. The lowest BCUT2D eigenvalue weighted by Gasteiger charge is -2.14. The highest BCUT2D eigenvalue weighted by Crippen LogP contribution is 2.39. The third kappa shape index (κ3) is 3.19. The van der Waals surface area contributed by atoms with E-state index in [1.54, 1.807) is 30.3 Å². The molecule has 0 spiro atoms. The van der Waals surface area contributed by atoms with Gasteiger partial charge in [-0.25, -0.2) is 4.79 Å². The molecule has 0 radical (unpaired) electrons. The molecule has 1 atom stereocenters. The van der Waals surface area contributed by atoms with Crippen LogP contribution in [0.25, 0.3) is 11.1 Å². The van der Waals surface area contributed by atoms with Crippen LogP contribution in [-0.4, -0.2) is 34.7 Å². The van der Waals surface area contributed by atoms with Crippen molar-refractivity contribution >= 4 is 29.3 Å². The predicted octanol–water partition coefficient (Wildman–Crippen LogP) is 1.82. The number of fused-ring (bicyclic) bond motifs is 3. The van der Waals surface area contributed by atoms with Crippen molar-refractivity contribution in [1.82, 2.24) is 5.32 Å². The number of benzene rings is 2. The van der Waals surface area contributed by atoms with Crippen molar-refractivity contribution in [2.24, 2.45) is 0 Å². The highest BCUT2D eigenvalue weighted by atomic mass is 16.4. The normalized spacial score (nSPS) is 12.7. The lowest BCUT2D eigenvalue weighted by Crippen LogP contribution is -2.42. The highest BCUT2D eigenvalue weighted by molar-refractivity contribution is 6.25. The van der Waals surface area contributed by atoms with Crippen molar-refractivity contribution in [2.45, 2.75) is 19.4 Å². The second-order valence-electron chi connectivity index (χ2n) is 5.95. The average molecular weight is 352 g/mol. The van der Waals surface area contributed by atoms with E-state index in [-0.39, 0.29) is 5.78 Å². The van der Waals surface area contributed by atoms with E-state index in [0.29, 0.717) is 16.8 Å². The lowest BCUT2D eigenvalue weighted by atomic mass is 10.0. The van der Waals surface area contributed by atoms with E-state index in [1.165, 1.54) is 6.92 Å². The van der Waals surface area contributed by atoms with Crippen molar-refractivity contribution in [3.8, 4) is 11.1 Å². The minimum atomic E-state index is -1.34. The van der Waals surface area contributed by atoms with E-state index < -0.39 is 30.2 Å². The molecule has 26 heavy (non-hydrogen) atoms. The number of anilines is 1. The van der Waals surface area contributed by atoms with Crippen LogP contribution in [0.15, 0.2) is 42.5 Å². The lowest BCUT2D eigenvalue weighted by molar-refractivity contribution is -0.142. The molecule has 1 aliphatic rings. The van der Waals surface area contributed by atoms with E-state index in [1.807, 2.05) is 12.1 Å². The van der Waals surface area contributed by atoms with Gasteiger partial charge in [0.25, 0.3) is 0 Å². The Kier molecular flexibility index (Phi) is 4.53. The smallest absolute Gasteiger partial charge is 0.326 e. The number of hydrogen-bond acceptors (Lipinski definition) is 4. The number of rotatable bonds is 5. The average Bonchev–Trinajstić information content (AvgIpc) is 2.88. The fourth-order valence-corrected chi connectivity index (χ4v) is 3.01. The number of carboxylic acid groups (broad SMARTS) is 1. The first-order valence-electron chi connectivity index (χ1n) is 7.95. The molecule has 1 aliphatic carbocycles. The Morgan fingerprint density at radius 1 is 1.00 bits per heavy atom. The molecule has 0 fully saturated rings. The van der Waals surface area contributed by atoms with Crippen LogP contribution in [0.4, 0.5) is 5.69 Å². The van der Waals surface area contributed by atoms with Crippen LogP contribution in [0.1, 0.15) is 29.3 Å². The van der Waals surface area contributed by atoms with Gasteiger partial charge in [-0.1, -0.05) is 36.4 Å². The van der Waals surface area contributed by atoms with Crippen molar-refractivity contribution in [3.05, 3.63) is 53.6 Å². The number of nitrogens with one attached hydrogen (secondary N) is 2. The number of amides is 2. The number of carboxylic acids is 1. The molecule has 0 aromatic heterocycles. The van der Waals surface area contributed by atoms with Crippen LogP contribution >= 0.6 is 0 Å². The Bertz CT molecular complexity index is 935.